The van der Waals surface area contributed by atoms with Crippen molar-refractivity contribution in [3.63, 3.8) is 0 Å². The molecule has 1 unspecified atom stereocenters. The van der Waals surface area contributed by atoms with Gasteiger partial charge < -0.3 is 10.2 Å². The molecular formula is C9H16N2O2S. The van der Waals surface area contributed by atoms with Gasteiger partial charge in [-0.25, -0.2) is 0 Å². The summed E-state index contributed by atoms with van der Waals surface area (Å²) in [5, 5.41) is 2.53. The minimum Gasteiger partial charge on any atom is -0.345 e. The Bertz CT molecular complexity index is 233. The first-order valence-corrected chi connectivity index (χ1v) is 6.06. The van der Waals surface area contributed by atoms with Crippen molar-refractivity contribution in [3.05, 3.63) is 0 Å². The van der Waals surface area contributed by atoms with Gasteiger partial charge in [-0.2, -0.15) is 11.8 Å². The molecule has 14 heavy (non-hydrogen) atoms. The van der Waals surface area contributed by atoms with Crippen molar-refractivity contribution in [1.82, 2.24) is 10.2 Å². The van der Waals surface area contributed by atoms with E-state index in [9.17, 15) is 9.59 Å². The Morgan fingerprint density at radius 1 is 1.57 bits per heavy atom. The molecule has 1 aliphatic rings. The predicted octanol–water partition coefficient (Wildman–Crippen LogP) is -0.0561. The number of nitrogens with zero attached hydrogens (tertiary/aromatic N) is 1. The Labute approximate surface area is 88.4 Å². The second-order valence-corrected chi connectivity index (χ2v) is 4.52. The van der Waals surface area contributed by atoms with Gasteiger partial charge in [-0.3, -0.25) is 9.59 Å². The molecule has 2 amide bonds. The van der Waals surface area contributed by atoms with Gasteiger partial charge in [-0.15, -0.1) is 0 Å². The van der Waals surface area contributed by atoms with E-state index in [4.69, 9.17) is 0 Å². The van der Waals surface area contributed by atoms with Gasteiger partial charge in [0, 0.05) is 6.54 Å². The molecule has 0 aromatic heterocycles. The number of carbonyl (C=O) groups excluding carboxylic acids is 2. The Kier molecular flexibility index (Phi) is 4.25. The summed E-state index contributed by atoms with van der Waals surface area (Å²) >= 11 is 1.76. The average molecular weight is 216 g/mol. The van der Waals surface area contributed by atoms with Crippen LogP contribution in [0, 0.1) is 5.92 Å². The van der Waals surface area contributed by atoms with Crippen LogP contribution in [-0.4, -0.2) is 48.4 Å². The minimum absolute atomic E-state index is 0.0255. The lowest BCUT2D eigenvalue weighted by molar-refractivity contribution is -0.140. The highest BCUT2D eigenvalue weighted by molar-refractivity contribution is 7.98. The summed E-state index contributed by atoms with van der Waals surface area (Å²) in [6.45, 7) is 3.16. The van der Waals surface area contributed by atoms with Gasteiger partial charge in [0.1, 0.15) is 0 Å². The van der Waals surface area contributed by atoms with Crippen molar-refractivity contribution in [2.24, 2.45) is 5.92 Å². The van der Waals surface area contributed by atoms with E-state index >= 15 is 0 Å². The summed E-state index contributed by atoms with van der Waals surface area (Å²) in [5.74, 6) is 1.43. The molecule has 4 nitrogen and oxygen atoms in total. The Balaban J connectivity index is 2.41. The van der Waals surface area contributed by atoms with E-state index in [-0.39, 0.29) is 24.9 Å². The van der Waals surface area contributed by atoms with Crippen molar-refractivity contribution in [2.45, 2.75) is 6.92 Å². The third kappa shape index (κ3) is 3.21. The van der Waals surface area contributed by atoms with Crippen molar-refractivity contribution in [2.75, 3.05) is 31.6 Å². The van der Waals surface area contributed by atoms with Crippen LogP contribution in [0.3, 0.4) is 0 Å². The standard InChI is InChI=1S/C9H16N2O2S/c1-7(6-14-2)4-11-5-8(12)10-3-9(11)13/h7H,3-6H2,1-2H3,(H,10,12). The third-order valence-electron chi connectivity index (χ3n) is 2.11. The number of nitrogens with one attached hydrogen (secondary N) is 1. The molecule has 1 rings (SSSR count). The highest BCUT2D eigenvalue weighted by Crippen LogP contribution is 2.08. The van der Waals surface area contributed by atoms with Crippen LogP contribution in [0.25, 0.3) is 0 Å². The maximum absolute atomic E-state index is 11.4. The number of amides is 2. The summed E-state index contributed by atoms with van der Waals surface area (Å²) in [5.41, 5.74) is 0. The molecule has 1 saturated heterocycles. The summed E-state index contributed by atoms with van der Waals surface area (Å²) < 4.78 is 0. The van der Waals surface area contributed by atoms with Crippen LogP contribution in [0.15, 0.2) is 0 Å². The maximum atomic E-state index is 11.4. The van der Waals surface area contributed by atoms with Crippen molar-refractivity contribution >= 4 is 23.6 Å². The summed E-state index contributed by atoms with van der Waals surface area (Å²) in [4.78, 5) is 24.1. The molecule has 0 aromatic rings. The van der Waals surface area contributed by atoms with E-state index < -0.39 is 0 Å². The summed E-state index contributed by atoms with van der Waals surface area (Å²) in [7, 11) is 0. The normalized spacial score (nSPS) is 19.4. The fourth-order valence-corrected chi connectivity index (χ4v) is 2.16. The lowest BCUT2D eigenvalue weighted by Crippen LogP contribution is -2.52. The molecule has 0 radical (unpaired) electrons. The molecule has 0 bridgehead atoms. The Hall–Kier alpha value is -0.710. The molecule has 80 valence electrons. The molecule has 1 fully saturated rings. The lowest BCUT2D eigenvalue weighted by atomic mass is 10.2. The quantitative estimate of drug-likeness (QED) is 0.716. The number of thioether (sulfide) groups is 1. The zero-order chi connectivity index (χ0) is 10.6. The fourth-order valence-electron chi connectivity index (χ4n) is 1.48. The Morgan fingerprint density at radius 3 is 2.93 bits per heavy atom. The average Bonchev–Trinajstić information content (AvgIpc) is 2.12. The van der Waals surface area contributed by atoms with Crippen LogP contribution in [-0.2, 0) is 9.59 Å². The van der Waals surface area contributed by atoms with Crippen LogP contribution < -0.4 is 5.32 Å². The summed E-state index contributed by atoms with van der Waals surface area (Å²) in [6.07, 6.45) is 2.04. The van der Waals surface area contributed by atoms with Gasteiger partial charge in [-0.1, -0.05) is 6.92 Å². The molecule has 0 aromatic carbocycles. The molecule has 0 saturated carbocycles. The number of rotatable bonds is 4. The zero-order valence-corrected chi connectivity index (χ0v) is 9.39. The molecule has 1 atom stereocenters. The fraction of sp³-hybridized carbons (Fsp3) is 0.778. The van der Waals surface area contributed by atoms with Crippen molar-refractivity contribution in [3.8, 4) is 0 Å². The first-order chi connectivity index (χ1) is 6.63. The van der Waals surface area contributed by atoms with E-state index in [1.807, 2.05) is 6.26 Å². The van der Waals surface area contributed by atoms with Crippen LogP contribution in [0.1, 0.15) is 6.92 Å². The minimum atomic E-state index is -0.0547. The molecule has 1 heterocycles. The van der Waals surface area contributed by atoms with Crippen LogP contribution in [0.4, 0.5) is 0 Å². The summed E-state index contributed by atoms with van der Waals surface area (Å²) in [6, 6.07) is 0. The molecule has 5 heteroatoms. The second kappa shape index (κ2) is 5.24. The van der Waals surface area contributed by atoms with Gasteiger partial charge in [0.05, 0.1) is 13.1 Å². The van der Waals surface area contributed by atoms with E-state index in [0.29, 0.717) is 12.5 Å². The highest BCUT2D eigenvalue weighted by atomic mass is 32.2. The molecular weight excluding hydrogens is 200 g/mol. The largest absolute Gasteiger partial charge is 0.345 e. The highest BCUT2D eigenvalue weighted by Gasteiger charge is 2.23. The van der Waals surface area contributed by atoms with Crippen molar-refractivity contribution < 1.29 is 9.59 Å². The van der Waals surface area contributed by atoms with E-state index in [1.165, 1.54) is 0 Å². The number of carbonyl (C=O) groups is 2. The smallest absolute Gasteiger partial charge is 0.242 e. The molecule has 1 aliphatic heterocycles. The second-order valence-electron chi connectivity index (χ2n) is 3.61. The number of hydrogen-bond donors (Lipinski definition) is 1. The van der Waals surface area contributed by atoms with E-state index in [1.54, 1.807) is 16.7 Å². The SMILES string of the molecule is CSCC(C)CN1CC(=O)NCC1=O. The van der Waals surface area contributed by atoms with Gasteiger partial charge in [0.15, 0.2) is 0 Å². The lowest BCUT2D eigenvalue weighted by Gasteiger charge is -2.28. The van der Waals surface area contributed by atoms with Gasteiger partial charge in [0.25, 0.3) is 0 Å². The van der Waals surface area contributed by atoms with Gasteiger partial charge >= 0.3 is 0 Å². The van der Waals surface area contributed by atoms with E-state index in [0.717, 1.165) is 5.75 Å². The van der Waals surface area contributed by atoms with Crippen LogP contribution in [0.2, 0.25) is 0 Å². The number of piperazine rings is 1. The van der Waals surface area contributed by atoms with Gasteiger partial charge in [0.2, 0.25) is 11.8 Å². The topological polar surface area (TPSA) is 49.4 Å². The predicted molar refractivity (Wildman–Crippen MR) is 57.1 cm³/mol. The van der Waals surface area contributed by atoms with Crippen LogP contribution in [0.5, 0.6) is 0 Å². The molecule has 0 aliphatic carbocycles. The van der Waals surface area contributed by atoms with E-state index in [2.05, 4.69) is 12.2 Å². The first-order valence-electron chi connectivity index (χ1n) is 4.67. The third-order valence-corrected chi connectivity index (χ3v) is 3.01. The zero-order valence-electron chi connectivity index (χ0n) is 8.58. The van der Waals surface area contributed by atoms with Crippen LogP contribution >= 0.6 is 11.8 Å². The first kappa shape index (κ1) is 11.4. The monoisotopic (exact) mass is 216 g/mol. The maximum Gasteiger partial charge on any atom is 0.242 e. The number of hydrogen-bond acceptors (Lipinski definition) is 3. The molecule has 1 N–H and O–H groups in total. The molecule has 0 spiro atoms. The van der Waals surface area contributed by atoms with Crippen molar-refractivity contribution in [1.29, 1.82) is 0 Å². The Morgan fingerprint density at radius 2 is 2.29 bits per heavy atom. The van der Waals surface area contributed by atoms with Gasteiger partial charge in [-0.05, 0) is 17.9 Å².